The lowest BCUT2D eigenvalue weighted by molar-refractivity contribution is 0.358. The molecule has 0 saturated heterocycles. The summed E-state index contributed by atoms with van der Waals surface area (Å²) in [5, 5.41) is 3.42. The van der Waals surface area contributed by atoms with Gasteiger partial charge in [-0.05, 0) is 46.6 Å². The largest absolute Gasteiger partial charge is 0.496 e. The lowest BCUT2D eigenvalue weighted by Crippen LogP contribution is -2.24. The van der Waals surface area contributed by atoms with Crippen LogP contribution in [0.2, 0.25) is 0 Å². The number of nitrogens with one attached hydrogen (secondary N) is 1. The van der Waals surface area contributed by atoms with Gasteiger partial charge in [0.05, 0.1) is 11.6 Å². The van der Waals surface area contributed by atoms with E-state index in [-0.39, 0.29) is 0 Å². The maximum Gasteiger partial charge on any atom is 0.133 e. The maximum atomic E-state index is 5.26. The maximum absolute atomic E-state index is 5.26. The molecule has 0 aliphatic rings. The lowest BCUT2D eigenvalue weighted by atomic mass is 9.89. The fourth-order valence-corrected chi connectivity index (χ4v) is 2.87. The Bertz CT molecular complexity index is 350. The molecular formula is C14H22BrNO. The van der Waals surface area contributed by atoms with E-state index in [2.05, 4.69) is 47.2 Å². The van der Waals surface area contributed by atoms with Crippen LogP contribution in [0.15, 0.2) is 22.7 Å². The van der Waals surface area contributed by atoms with Gasteiger partial charge in [-0.2, -0.15) is 0 Å². The Labute approximate surface area is 113 Å². The van der Waals surface area contributed by atoms with Crippen molar-refractivity contribution in [3.05, 3.63) is 28.2 Å². The highest BCUT2D eigenvalue weighted by atomic mass is 79.9. The van der Waals surface area contributed by atoms with Gasteiger partial charge < -0.3 is 10.1 Å². The molecule has 1 aromatic carbocycles. The van der Waals surface area contributed by atoms with Crippen LogP contribution in [0.25, 0.3) is 0 Å². The van der Waals surface area contributed by atoms with Crippen LogP contribution < -0.4 is 10.1 Å². The normalized spacial score (nSPS) is 12.8. The molecule has 1 unspecified atom stereocenters. The van der Waals surface area contributed by atoms with E-state index in [9.17, 15) is 0 Å². The molecule has 0 aliphatic heterocycles. The predicted molar refractivity (Wildman–Crippen MR) is 76.6 cm³/mol. The minimum Gasteiger partial charge on any atom is -0.496 e. The topological polar surface area (TPSA) is 21.3 Å². The second-order valence-electron chi connectivity index (χ2n) is 4.24. The number of hydrogen-bond acceptors (Lipinski definition) is 2. The third-order valence-corrected chi connectivity index (χ3v) is 3.99. The van der Waals surface area contributed by atoms with Gasteiger partial charge in [0.2, 0.25) is 0 Å². The molecular weight excluding hydrogens is 278 g/mol. The summed E-state index contributed by atoms with van der Waals surface area (Å²) in [6, 6.07) is 6.72. The Hall–Kier alpha value is -0.540. The number of halogens is 1. The van der Waals surface area contributed by atoms with Crippen molar-refractivity contribution in [2.75, 3.05) is 14.2 Å². The first kappa shape index (κ1) is 14.5. The van der Waals surface area contributed by atoms with Gasteiger partial charge in [0.15, 0.2) is 0 Å². The van der Waals surface area contributed by atoms with Crippen molar-refractivity contribution in [1.82, 2.24) is 5.32 Å². The van der Waals surface area contributed by atoms with Gasteiger partial charge >= 0.3 is 0 Å². The second-order valence-corrected chi connectivity index (χ2v) is 5.09. The molecule has 0 heterocycles. The Morgan fingerprint density at radius 2 is 1.94 bits per heavy atom. The van der Waals surface area contributed by atoms with E-state index in [0.717, 1.165) is 10.2 Å². The van der Waals surface area contributed by atoms with Gasteiger partial charge in [-0.1, -0.05) is 32.8 Å². The van der Waals surface area contributed by atoms with Crippen molar-refractivity contribution >= 4 is 15.9 Å². The highest BCUT2D eigenvalue weighted by molar-refractivity contribution is 9.10. The minimum absolute atomic E-state index is 0.409. The van der Waals surface area contributed by atoms with E-state index in [1.165, 1.54) is 18.4 Å². The summed E-state index contributed by atoms with van der Waals surface area (Å²) in [5.41, 5.74) is 1.31. The summed E-state index contributed by atoms with van der Waals surface area (Å²) in [5.74, 6) is 1.55. The zero-order valence-corrected chi connectivity index (χ0v) is 12.7. The molecule has 96 valence electrons. The SMILES string of the molecule is CCC(CC)C(NC)c1ccc(OC)c(Br)c1. The highest BCUT2D eigenvalue weighted by Crippen LogP contribution is 2.32. The van der Waals surface area contributed by atoms with Crippen LogP contribution in [-0.4, -0.2) is 14.2 Å². The molecule has 0 spiro atoms. The fourth-order valence-electron chi connectivity index (χ4n) is 2.31. The van der Waals surface area contributed by atoms with Crippen molar-refractivity contribution < 1.29 is 4.74 Å². The van der Waals surface area contributed by atoms with Gasteiger partial charge in [0, 0.05) is 6.04 Å². The van der Waals surface area contributed by atoms with Crippen molar-refractivity contribution in [1.29, 1.82) is 0 Å². The molecule has 3 heteroatoms. The summed E-state index contributed by atoms with van der Waals surface area (Å²) < 4.78 is 6.28. The number of hydrogen-bond donors (Lipinski definition) is 1. The summed E-state index contributed by atoms with van der Waals surface area (Å²) in [6.07, 6.45) is 2.37. The van der Waals surface area contributed by atoms with E-state index >= 15 is 0 Å². The monoisotopic (exact) mass is 299 g/mol. The average Bonchev–Trinajstić information content (AvgIpc) is 2.35. The van der Waals surface area contributed by atoms with Crippen LogP contribution in [-0.2, 0) is 0 Å². The summed E-state index contributed by atoms with van der Waals surface area (Å²) in [7, 11) is 3.72. The first-order valence-electron chi connectivity index (χ1n) is 6.18. The van der Waals surface area contributed by atoms with Crippen LogP contribution in [0.4, 0.5) is 0 Å². The molecule has 0 aromatic heterocycles. The van der Waals surface area contributed by atoms with E-state index in [1.807, 2.05) is 13.1 Å². The molecule has 0 amide bonds. The molecule has 0 radical (unpaired) electrons. The van der Waals surface area contributed by atoms with E-state index in [4.69, 9.17) is 4.74 Å². The quantitative estimate of drug-likeness (QED) is 0.852. The number of methoxy groups -OCH3 is 1. The van der Waals surface area contributed by atoms with E-state index < -0.39 is 0 Å². The molecule has 1 N–H and O–H groups in total. The number of rotatable bonds is 6. The molecule has 17 heavy (non-hydrogen) atoms. The van der Waals surface area contributed by atoms with Gasteiger partial charge in [-0.25, -0.2) is 0 Å². The number of ether oxygens (including phenoxy) is 1. The van der Waals surface area contributed by atoms with Crippen LogP contribution in [0.1, 0.15) is 38.3 Å². The van der Waals surface area contributed by atoms with Crippen molar-refractivity contribution in [2.24, 2.45) is 5.92 Å². The molecule has 2 nitrogen and oxygen atoms in total. The van der Waals surface area contributed by atoms with Crippen molar-refractivity contribution in [3.63, 3.8) is 0 Å². The van der Waals surface area contributed by atoms with E-state index in [0.29, 0.717) is 12.0 Å². The smallest absolute Gasteiger partial charge is 0.133 e. The highest BCUT2D eigenvalue weighted by Gasteiger charge is 2.19. The first-order valence-corrected chi connectivity index (χ1v) is 6.97. The van der Waals surface area contributed by atoms with Crippen molar-refractivity contribution in [2.45, 2.75) is 32.7 Å². The third kappa shape index (κ3) is 3.46. The molecule has 1 atom stereocenters. The molecule has 0 bridgehead atoms. The predicted octanol–water partition coefficient (Wildman–Crippen LogP) is 4.15. The van der Waals surface area contributed by atoms with Crippen LogP contribution in [0.5, 0.6) is 5.75 Å². The molecule has 0 aliphatic carbocycles. The third-order valence-electron chi connectivity index (χ3n) is 3.37. The average molecular weight is 300 g/mol. The lowest BCUT2D eigenvalue weighted by Gasteiger charge is -2.25. The van der Waals surface area contributed by atoms with Crippen LogP contribution in [0.3, 0.4) is 0 Å². The first-order chi connectivity index (χ1) is 8.17. The number of benzene rings is 1. The second kappa shape index (κ2) is 7.02. The van der Waals surface area contributed by atoms with Gasteiger partial charge in [0.1, 0.15) is 5.75 Å². The van der Waals surface area contributed by atoms with Crippen LogP contribution in [0, 0.1) is 5.92 Å². The Kier molecular flexibility index (Phi) is 6.00. The van der Waals surface area contributed by atoms with Crippen LogP contribution >= 0.6 is 15.9 Å². The zero-order chi connectivity index (χ0) is 12.8. The Morgan fingerprint density at radius 1 is 1.29 bits per heavy atom. The summed E-state index contributed by atoms with van der Waals surface area (Å²) in [6.45, 7) is 4.49. The molecule has 1 rings (SSSR count). The van der Waals surface area contributed by atoms with Gasteiger partial charge in [-0.3, -0.25) is 0 Å². The fraction of sp³-hybridized carbons (Fsp3) is 0.571. The van der Waals surface area contributed by atoms with Gasteiger partial charge in [-0.15, -0.1) is 0 Å². The standard InChI is InChI=1S/C14H22BrNO/c1-5-10(6-2)14(16-3)11-7-8-13(17-4)12(15)9-11/h7-10,14,16H,5-6H2,1-4H3. The summed E-state index contributed by atoms with van der Waals surface area (Å²) >= 11 is 3.54. The van der Waals surface area contributed by atoms with Gasteiger partial charge in [0.25, 0.3) is 0 Å². The molecule has 1 aromatic rings. The summed E-state index contributed by atoms with van der Waals surface area (Å²) in [4.78, 5) is 0. The minimum atomic E-state index is 0.409. The van der Waals surface area contributed by atoms with Crippen molar-refractivity contribution in [3.8, 4) is 5.75 Å². The molecule has 0 fully saturated rings. The zero-order valence-electron chi connectivity index (χ0n) is 11.1. The Balaban J connectivity index is 3.00. The molecule has 0 saturated carbocycles. The Morgan fingerprint density at radius 3 is 2.35 bits per heavy atom. The van der Waals surface area contributed by atoms with E-state index in [1.54, 1.807) is 7.11 Å².